The number of ketones is 1. The summed E-state index contributed by atoms with van der Waals surface area (Å²) in [4.78, 5) is 12.3. The van der Waals surface area contributed by atoms with Gasteiger partial charge in [-0.3, -0.25) is 14.8 Å². The van der Waals surface area contributed by atoms with Gasteiger partial charge in [0.25, 0.3) is 0 Å². The van der Waals surface area contributed by atoms with Crippen LogP contribution in [-0.4, -0.2) is 25.6 Å². The van der Waals surface area contributed by atoms with E-state index in [1.807, 2.05) is 77.4 Å². The SMILES string of the molecule is CC(=O)/C(=N/Nc1ccccc1Cl)Sc1nnc(-c2ccccc2)n1-c1ccccc1. The van der Waals surface area contributed by atoms with Crippen LogP contribution in [0, 0.1) is 0 Å². The number of para-hydroxylation sites is 2. The standard InChI is InChI=1S/C23H18ClN5OS/c1-16(30)22(27-25-20-15-9-8-14-19(20)24)31-23-28-26-21(17-10-4-2-5-11-17)29(23)18-12-6-3-7-13-18/h2-15,25H,1H3/b27-22-. The number of carbonyl (C=O) groups is 1. The summed E-state index contributed by atoms with van der Waals surface area (Å²) in [5, 5.41) is 14.3. The third kappa shape index (κ3) is 4.84. The van der Waals surface area contributed by atoms with Crippen LogP contribution in [-0.2, 0) is 4.79 Å². The van der Waals surface area contributed by atoms with Gasteiger partial charge >= 0.3 is 0 Å². The molecule has 0 radical (unpaired) electrons. The monoisotopic (exact) mass is 447 g/mol. The molecule has 4 rings (SSSR count). The maximum atomic E-state index is 12.3. The molecule has 1 N–H and O–H groups in total. The Labute approximate surface area is 189 Å². The molecule has 0 spiro atoms. The van der Waals surface area contributed by atoms with Gasteiger partial charge in [-0.1, -0.05) is 72.3 Å². The molecule has 0 bridgehead atoms. The third-order valence-corrected chi connectivity index (χ3v) is 5.67. The second-order valence-corrected chi connectivity index (χ2v) is 7.87. The zero-order valence-electron chi connectivity index (χ0n) is 16.6. The number of anilines is 1. The zero-order chi connectivity index (χ0) is 21.6. The number of nitrogens with zero attached hydrogens (tertiary/aromatic N) is 4. The van der Waals surface area contributed by atoms with Gasteiger partial charge in [0.05, 0.1) is 10.7 Å². The first-order chi connectivity index (χ1) is 15.1. The first-order valence-corrected chi connectivity index (χ1v) is 10.7. The van der Waals surface area contributed by atoms with Crippen molar-refractivity contribution in [1.82, 2.24) is 14.8 Å². The maximum Gasteiger partial charge on any atom is 0.202 e. The second-order valence-electron chi connectivity index (χ2n) is 6.51. The molecule has 154 valence electrons. The van der Waals surface area contributed by atoms with E-state index in [1.165, 1.54) is 6.92 Å². The molecular weight excluding hydrogens is 430 g/mol. The lowest BCUT2D eigenvalue weighted by molar-refractivity contribution is -0.110. The lowest BCUT2D eigenvalue weighted by Crippen LogP contribution is -2.10. The van der Waals surface area contributed by atoms with Gasteiger partial charge in [0.1, 0.15) is 0 Å². The number of Topliss-reactive ketones (excluding diaryl/α,β-unsaturated/α-hetero) is 1. The van der Waals surface area contributed by atoms with Crippen LogP contribution in [0.5, 0.6) is 0 Å². The average Bonchev–Trinajstić information content (AvgIpc) is 3.22. The summed E-state index contributed by atoms with van der Waals surface area (Å²) in [5.41, 5.74) is 5.28. The Balaban J connectivity index is 1.73. The van der Waals surface area contributed by atoms with Crippen LogP contribution in [0.15, 0.2) is 95.2 Å². The van der Waals surface area contributed by atoms with E-state index in [0.717, 1.165) is 23.0 Å². The molecular formula is C23H18ClN5OS. The first kappa shape index (κ1) is 20.8. The van der Waals surface area contributed by atoms with E-state index in [-0.39, 0.29) is 10.8 Å². The largest absolute Gasteiger partial charge is 0.292 e. The van der Waals surface area contributed by atoms with E-state index in [1.54, 1.807) is 12.1 Å². The highest BCUT2D eigenvalue weighted by Gasteiger charge is 2.20. The Hall–Kier alpha value is -3.42. The van der Waals surface area contributed by atoms with Gasteiger partial charge in [0.15, 0.2) is 16.7 Å². The molecule has 3 aromatic carbocycles. The maximum absolute atomic E-state index is 12.3. The highest BCUT2D eigenvalue weighted by molar-refractivity contribution is 8.15. The fourth-order valence-electron chi connectivity index (χ4n) is 2.84. The number of halogens is 1. The molecule has 31 heavy (non-hydrogen) atoms. The number of hydrogen-bond acceptors (Lipinski definition) is 6. The van der Waals surface area contributed by atoms with Crippen molar-refractivity contribution in [1.29, 1.82) is 0 Å². The molecule has 0 atom stereocenters. The van der Waals surface area contributed by atoms with Gasteiger partial charge in [0, 0.05) is 18.2 Å². The molecule has 0 unspecified atom stereocenters. The van der Waals surface area contributed by atoms with Crippen LogP contribution in [0.2, 0.25) is 5.02 Å². The smallest absolute Gasteiger partial charge is 0.202 e. The summed E-state index contributed by atoms with van der Waals surface area (Å²) >= 11 is 7.32. The first-order valence-electron chi connectivity index (χ1n) is 9.47. The van der Waals surface area contributed by atoms with Gasteiger partial charge in [-0.25, -0.2) is 0 Å². The lowest BCUT2D eigenvalue weighted by atomic mass is 10.2. The van der Waals surface area contributed by atoms with Crippen LogP contribution >= 0.6 is 23.4 Å². The normalized spacial score (nSPS) is 11.4. The summed E-state index contributed by atoms with van der Waals surface area (Å²) in [6.45, 7) is 1.46. The van der Waals surface area contributed by atoms with E-state index in [9.17, 15) is 4.79 Å². The average molecular weight is 448 g/mol. The van der Waals surface area contributed by atoms with Gasteiger partial charge in [-0.05, 0) is 36.0 Å². The van der Waals surface area contributed by atoms with Gasteiger partial charge < -0.3 is 0 Å². The minimum Gasteiger partial charge on any atom is -0.292 e. The molecule has 0 amide bonds. The molecule has 0 saturated carbocycles. The molecule has 0 saturated heterocycles. The van der Waals surface area contributed by atoms with Crippen molar-refractivity contribution in [3.8, 4) is 17.1 Å². The van der Waals surface area contributed by atoms with Crippen LogP contribution in [0.1, 0.15) is 6.92 Å². The minimum absolute atomic E-state index is 0.201. The summed E-state index contributed by atoms with van der Waals surface area (Å²) in [7, 11) is 0. The molecule has 0 aliphatic carbocycles. The second kappa shape index (κ2) is 9.59. The van der Waals surface area contributed by atoms with Crippen molar-refractivity contribution in [2.45, 2.75) is 12.1 Å². The Morgan fingerprint density at radius 1 is 0.935 bits per heavy atom. The Bertz CT molecular complexity index is 1230. The Kier molecular flexibility index (Phi) is 6.45. The van der Waals surface area contributed by atoms with Crippen molar-refractivity contribution in [3.05, 3.63) is 90.0 Å². The summed E-state index contributed by atoms with van der Waals surface area (Å²) in [6, 6.07) is 26.7. The fourth-order valence-corrected chi connectivity index (χ4v) is 3.79. The van der Waals surface area contributed by atoms with Crippen molar-refractivity contribution < 1.29 is 4.79 Å². The summed E-state index contributed by atoms with van der Waals surface area (Å²) in [6.07, 6.45) is 0. The predicted molar refractivity (Wildman–Crippen MR) is 126 cm³/mol. The Morgan fingerprint density at radius 3 is 2.26 bits per heavy atom. The number of aromatic nitrogens is 3. The summed E-state index contributed by atoms with van der Waals surface area (Å²) in [5.74, 6) is 0.477. The van der Waals surface area contributed by atoms with E-state index in [2.05, 4.69) is 20.7 Å². The molecule has 4 aromatic rings. The highest BCUT2D eigenvalue weighted by atomic mass is 35.5. The van der Waals surface area contributed by atoms with E-state index < -0.39 is 0 Å². The van der Waals surface area contributed by atoms with Crippen molar-refractivity contribution in [3.63, 3.8) is 0 Å². The van der Waals surface area contributed by atoms with Crippen LogP contribution in [0.25, 0.3) is 17.1 Å². The molecule has 1 heterocycles. The van der Waals surface area contributed by atoms with Gasteiger partial charge in [-0.2, -0.15) is 5.10 Å². The quantitative estimate of drug-likeness (QED) is 0.178. The number of rotatable bonds is 6. The number of nitrogens with one attached hydrogen (secondary N) is 1. The predicted octanol–water partition coefficient (Wildman–Crippen LogP) is 5.69. The van der Waals surface area contributed by atoms with Gasteiger partial charge in [-0.15, -0.1) is 10.2 Å². The molecule has 6 nitrogen and oxygen atoms in total. The number of carbonyl (C=O) groups excluding carboxylic acids is 1. The van der Waals surface area contributed by atoms with Crippen LogP contribution in [0.4, 0.5) is 5.69 Å². The lowest BCUT2D eigenvalue weighted by Gasteiger charge is -2.11. The minimum atomic E-state index is -0.201. The third-order valence-electron chi connectivity index (χ3n) is 4.32. The molecule has 8 heteroatoms. The topological polar surface area (TPSA) is 72.2 Å². The van der Waals surface area contributed by atoms with Crippen LogP contribution in [0.3, 0.4) is 0 Å². The Morgan fingerprint density at radius 2 is 1.58 bits per heavy atom. The van der Waals surface area contributed by atoms with E-state index in [4.69, 9.17) is 11.6 Å². The van der Waals surface area contributed by atoms with E-state index in [0.29, 0.717) is 21.7 Å². The fraction of sp³-hybridized carbons (Fsp3) is 0.0435. The van der Waals surface area contributed by atoms with Gasteiger partial charge in [0.2, 0.25) is 5.16 Å². The van der Waals surface area contributed by atoms with E-state index >= 15 is 0 Å². The molecule has 1 aromatic heterocycles. The molecule has 0 fully saturated rings. The van der Waals surface area contributed by atoms with Crippen molar-refractivity contribution in [2.24, 2.45) is 5.10 Å². The number of hydrazone groups is 1. The van der Waals surface area contributed by atoms with Crippen LogP contribution < -0.4 is 5.43 Å². The molecule has 0 aliphatic heterocycles. The summed E-state index contributed by atoms with van der Waals surface area (Å²) < 4.78 is 1.91. The number of hydrogen-bond donors (Lipinski definition) is 1. The number of thioether (sulfide) groups is 1. The number of benzene rings is 3. The zero-order valence-corrected chi connectivity index (χ0v) is 18.1. The molecule has 0 aliphatic rings. The highest BCUT2D eigenvalue weighted by Crippen LogP contribution is 2.29. The van der Waals surface area contributed by atoms with Crippen molar-refractivity contribution in [2.75, 3.05) is 5.43 Å². The van der Waals surface area contributed by atoms with Crippen molar-refractivity contribution >= 4 is 39.9 Å².